The predicted molar refractivity (Wildman–Crippen MR) is 77.7 cm³/mol. The number of rotatable bonds is 3. The van der Waals surface area contributed by atoms with Crippen LogP contribution >= 0.6 is 15.9 Å². The first-order valence-corrected chi connectivity index (χ1v) is 7.33. The molecule has 1 heterocycles. The van der Waals surface area contributed by atoms with Gasteiger partial charge in [0.15, 0.2) is 0 Å². The van der Waals surface area contributed by atoms with Gasteiger partial charge in [0.05, 0.1) is 16.9 Å². The Morgan fingerprint density at radius 3 is 2.67 bits per heavy atom. The monoisotopic (exact) mass is 359 g/mol. The number of halogens is 4. The summed E-state index contributed by atoms with van der Waals surface area (Å²) in [6.45, 7) is 1.83. The second-order valence-corrected chi connectivity index (χ2v) is 6.07. The zero-order valence-electron chi connectivity index (χ0n) is 11.2. The fourth-order valence-electron chi connectivity index (χ4n) is 2.22. The van der Waals surface area contributed by atoms with Gasteiger partial charge in [0.1, 0.15) is 0 Å². The van der Waals surface area contributed by atoms with Gasteiger partial charge in [0.2, 0.25) is 5.95 Å². The highest BCUT2D eigenvalue weighted by Gasteiger charge is 2.34. The lowest BCUT2D eigenvalue weighted by molar-refractivity contribution is -0.137. The molecule has 1 fully saturated rings. The minimum Gasteiger partial charge on any atom is -0.325 e. The van der Waals surface area contributed by atoms with E-state index in [0.717, 1.165) is 24.6 Å². The maximum atomic E-state index is 13.1. The number of aryl methyl sites for hydroxylation is 1. The molecule has 0 atom stereocenters. The minimum absolute atomic E-state index is 0.0122. The summed E-state index contributed by atoms with van der Waals surface area (Å²) in [4.78, 5) is 4.29. The van der Waals surface area contributed by atoms with Crippen LogP contribution in [-0.2, 0) is 6.18 Å². The van der Waals surface area contributed by atoms with Crippen LogP contribution < -0.4 is 5.32 Å². The summed E-state index contributed by atoms with van der Waals surface area (Å²) in [5, 5.41) is 2.83. The Bertz CT molecular complexity index is 675. The van der Waals surface area contributed by atoms with Gasteiger partial charge in [-0.25, -0.2) is 4.98 Å². The van der Waals surface area contributed by atoms with Crippen LogP contribution in [-0.4, -0.2) is 9.55 Å². The maximum Gasteiger partial charge on any atom is 0.418 e. The third-order valence-electron chi connectivity index (χ3n) is 3.33. The average molecular weight is 360 g/mol. The smallest absolute Gasteiger partial charge is 0.325 e. The molecule has 1 aromatic carbocycles. The first-order valence-electron chi connectivity index (χ1n) is 6.54. The lowest BCUT2D eigenvalue weighted by atomic mass is 10.1. The Labute approximate surface area is 128 Å². The Kier molecular flexibility index (Phi) is 3.47. The molecule has 0 bridgehead atoms. The van der Waals surface area contributed by atoms with Crippen LogP contribution in [0.1, 0.15) is 30.1 Å². The van der Waals surface area contributed by atoms with Crippen molar-refractivity contribution >= 4 is 27.6 Å². The van der Waals surface area contributed by atoms with Gasteiger partial charge in [-0.3, -0.25) is 0 Å². The van der Waals surface area contributed by atoms with Gasteiger partial charge >= 0.3 is 6.18 Å². The first-order chi connectivity index (χ1) is 9.84. The molecule has 1 aromatic heterocycles. The quantitative estimate of drug-likeness (QED) is 0.830. The van der Waals surface area contributed by atoms with Crippen LogP contribution in [0.5, 0.6) is 0 Å². The standard InChI is InChI=1S/C14H13BrF3N3/c1-8-7-21(10-3-4-10)13(19-8)20-12-5-2-9(15)6-11(12)14(16,17)18/h2,5-7,10H,3-4H2,1H3,(H,19,20). The molecular formula is C14H13BrF3N3. The van der Waals surface area contributed by atoms with Crippen molar-refractivity contribution in [3.63, 3.8) is 0 Å². The highest BCUT2D eigenvalue weighted by Crippen LogP contribution is 2.40. The SMILES string of the molecule is Cc1cn(C2CC2)c(Nc2ccc(Br)cc2C(F)(F)F)n1. The number of hydrogen-bond acceptors (Lipinski definition) is 2. The average Bonchev–Trinajstić information content (AvgIpc) is 3.15. The van der Waals surface area contributed by atoms with Crippen LogP contribution in [0, 0.1) is 6.92 Å². The molecule has 1 aliphatic rings. The van der Waals surface area contributed by atoms with Crippen LogP contribution in [0.15, 0.2) is 28.9 Å². The molecule has 1 N–H and O–H groups in total. The molecule has 2 aromatic rings. The highest BCUT2D eigenvalue weighted by atomic mass is 79.9. The molecule has 0 saturated heterocycles. The molecular weight excluding hydrogens is 347 g/mol. The van der Waals surface area contributed by atoms with E-state index in [1.807, 2.05) is 17.7 Å². The summed E-state index contributed by atoms with van der Waals surface area (Å²) in [5.41, 5.74) is 0.0909. The van der Waals surface area contributed by atoms with Gasteiger partial charge in [-0.2, -0.15) is 13.2 Å². The number of aromatic nitrogens is 2. The summed E-state index contributed by atoms with van der Waals surface area (Å²) in [6, 6.07) is 4.40. The Balaban J connectivity index is 1.98. The lowest BCUT2D eigenvalue weighted by Gasteiger charge is -2.15. The fourth-order valence-corrected chi connectivity index (χ4v) is 2.58. The third-order valence-corrected chi connectivity index (χ3v) is 3.82. The number of imidazole rings is 1. The third kappa shape index (κ3) is 3.07. The van der Waals surface area contributed by atoms with E-state index < -0.39 is 11.7 Å². The molecule has 0 spiro atoms. The van der Waals surface area contributed by atoms with E-state index in [0.29, 0.717) is 16.5 Å². The lowest BCUT2D eigenvalue weighted by Crippen LogP contribution is -2.10. The molecule has 112 valence electrons. The summed E-state index contributed by atoms with van der Waals surface area (Å²) < 4.78 is 41.7. The van der Waals surface area contributed by atoms with Crippen LogP contribution in [0.4, 0.5) is 24.8 Å². The Morgan fingerprint density at radius 2 is 2.05 bits per heavy atom. The van der Waals surface area contributed by atoms with Crippen molar-refractivity contribution in [2.24, 2.45) is 0 Å². The summed E-state index contributed by atoms with van der Waals surface area (Å²) in [5.74, 6) is 0.461. The molecule has 0 aliphatic heterocycles. The second-order valence-electron chi connectivity index (χ2n) is 5.16. The van der Waals surface area contributed by atoms with E-state index in [9.17, 15) is 13.2 Å². The van der Waals surface area contributed by atoms with Crippen molar-refractivity contribution in [3.8, 4) is 0 Å². The van der Waals surface area contributed by atoms with E-state index in [-0.39, 0.29) is 5.69 Å². The highest BCUT2D eigenvalue weighted by molar-refractivity contribution is 9.10. The molecule has 0 unspecified atom stereocenters. The van der Waals surface area contributed by atoms with Crippen molar-refractivity contribution in [1.82, 2.24) is 9.55 Å². The summed E-state index contributed by atoms with van der Waals surface area (Å²) in [6.07, 6.45) is -0.474. The van der Waals surface area contributed by atoms with E-state index in [4.69, 9.17) is 0 Å². The zero-order chi connectivity index (χ0) is 15.2. The predicted octanol–water partition coefficient (Wildman–Crippen LogP) is 5.05. The Hall–Kier alpha value is -1.50. The van der Waals surface area contributed by atoms with Crippen molar-refractivity contribution in [2.75, 3.05) is 5.32 Å². The molecule has 3 rings (SSSR count). The van der Waals surface area contributed by atoms with Crippen LogP contribution in [0.3, 0.4) is 0 Å². The number of benzene rings is 1. The Morgan fingerprint density at radius 1 is 1.33 bits per heavy atom. The first kappa shape index (κ1) is 14.4. The van der Waals surface area contributed by atoms with Gasteiger partial charge < -0.3 is 9.88 Å². The van der Waals surface area contributed by atoms with E-state index in [1.54, 1.807) is 6.07 Å². The van der Waals surface area contributed by atoms with Crippen molar-refractivity contribution in [2.45, 2.75) is 32.0 Å². The molecule has 3 nitrogen and oxygen atoms in total. The minimum atomic E-state index is -4.42. The van der Waals surface area contributed by atoms with E-state index in [2.05, 4.69) is 26.2 Å². The van der Waals surface area contributed by atoms with Gasteiger partial charge in [0, 0.05) is 16.7 Å². The molecule has 1 saturated carbocycles. The van der Waals surface area contributed by atoms with Gasteiger partial charge in [-0.1, -0.05) is 15.9 Å². The van der Waals surface area contributed by atoms with Crippen molar-refractivity contribution < 1.29 is 13.2 Å². The number of nitrogens with zero attached hydrogens (tertiary/aromatic N) is 2. The molecule has 0 radical (unpaired) electrons. The van der Waals surface area contributed by atoms with Gasteiger partial charge in [-0.05, 0) is 38.0 Å². The van der Waals surface area contributed by atoms with E-state index in [1.165, 1.54) is 6.07 Å². The number of hydrogen-bond donors (Lipinski definition) is 1. The van der Waals surface area contributed by atoms with Gasteiger partial charge in [0.25, 0.3) is 0 Å². The largest absolute Gasteiger partial charge is 0.418 e. The second kappa shape index (κ2) is 5.05. The van der Waals surface area contributed by atoms with Crippen LogP contribution in [0.2, 0.25) is 0 Å². The fraction of sp³-hybridized carbons (Fsp3) is 0.357. The summed E-state index contributed by atoms with van der Waals surface area (Å²) >= 11 is 3.08. The van der Waals surface area contributed by atoms with Crippen molar-refractivity contribution in [3.05, 3.63) is 40.1 Å². The molecule has 0 amide bonds. The van der Waals surface area contributed by atoms with Crippen LogP contribution in [0.25, 0.3) is 0 Å². The number of anilines is 2. The normalized spacial score (nSPS) is 15.3. The zero-order valence-corrected chi connectivity index (χ0v) is 12.8. The molecule has 21 heavy (non-hydrogen) atoms. The van der Waals surface area contributed by atoms with E-state index >= 15 is 0 Å². The topological polar surface area (TPSA) is 29.9 Å². The number of nitrogens with one attached hydrogen (secondary N) is 1. The van der Waals surface area contributed by atoms with Gasteiger partial charge in [-0.15, -0.1) is 0 Å². The van der Waals surface area contributed by atoms with Crippen molar-refractivity contribution in [1.29, 1.82) is 0 Å². The summed E-state index contributed by atoms with van der Waals surface area (Å²) in [7, 11) is 0. The molecule has 1 aliphatic carbocycles. The molecule has 7 heteroatoms. The number of alkyl halides is 3. The maximum absolute atomic E-state index is 13.1.